The van der Waals surface area contributed by atoms with Crippen molar-refractivity contribution < 1.29 is 13.2 Å². The Hall–Kier alpha value is -2.15. The van der Waals surface area contributed by atoms with Crippen LogP contribution in [0.5, 0.6) is 0 Å². The van der Waals surface area contributed by atoms with E-state index in [0.29, 0.717) is 18.7 Å². The van der Waals surface area contributed by atoms with E-state index in [1.165, 1.54) is 12.1 Å². The number of nitrogens with one attached hydrogen (secondary N) is 1. The Morgan fingerprint density at radius 3 is 2.64 bits per heavy atom. The van der Waals surface area contributed by atoms with Crippen molar-refractivity contribution in [3.05, 3.63) is 47.5 Å². The van der Waals surface area contributed by atoms with Gasteiger partial charge in [-0.25, -0.2) is 13.4 Å². The Morgan fingerprint density at radius 2 is 2.05 bits per heavy atom. The number of rotatable bonds is 5. The predicted molar refractivity (Wildman–Crippen MR) is 83.6 cm³/mol. The third-order valence-corrected chi connectivity index (χ3v) is 4.62. The Labute approximate surface area is 130 Å². The maximum atomic E-state index is 12.1. The number of aromatic nitrogens is 2. The minimum absolute atomic E-state index is 0.140. The zero-order chi connectivity index (χ0) is 16.3. The monoisotopic (exact) mass is 321 g/mol. The van der Waals surface area contributed by atoms with Gasteiger partial charge in [0.25, 0.3) is 5.91 Å². The van der Waals surface area contributed by atoms with Gasteiger partial charge in [-0.05, 0) is 32.0 Å². The van der Waals surface area contributed by atoms with Crippen LogP contribution >= 0.6 is 0 Å². The van der Waals surface area contributed by atoms with E-state index in [4.69, 9.17) is 0 Å². The lowest BCUT2D eigenvalue weighted by Gasteiger charge is -2.08. The molecule has 118 valence electrons. The van der Waals surface area contributed by atoms with Crippen molar-refractivity contribution in [1.29, 1.82) is 0 Å². The van der Waals surface area contributed by atoms with Crippen LogP contribution in [-0.4, -0.2) is 36.7 Å². The van der Waals surface area contributed by atoms with Crippen LogP contribution in [-0.2, 0) is 16.4 Å². The molecule has 7 heteroatoms. The van der Waals surface area contributed by atoms with E-state index >= 15 is 0 Å². The fraction of sp³-hybridized carbons (Fsp3) is 0.333. The number of benzene rings is 1. The summed E-state index contributed by atoms with van der Waals surface area (Å²) < 4.78 is 25.0. The van der Waals surface area contributed by atoms with E-state index in [1.807, 2.05) is 18.4 Å². The van der Waals surface area contributed by atoms with Gasteiger partial charge in [0.1, 0.15) is 0 Å². The van der Waals surface area contributed by atoms with Crippen LogP contribution in [0.4, 0.5) is 0 Å². The number of carbonyl (C=O) groups excluding carboxylic acids is 1. The molecule has 0 fully saturated rings. The Kier molecular flexibility index (Phi) is 4.65. The minimum Gasteiger partial charge on any atom is -0.350 e. The second kappa shape index (κ2) is 6.31. The summed E-state index contributed by atoms with van der Waals surface area (Å²) in [6, 6.07) is 6.02. The molecule has 0 aliphatic carbocycles. The number of sulfone groups is 1. The molecule has 1 N–H and O–H groups in total. The van der Waals surface area contributed by atoms with Crippen LogP contribution in [0.2, 0.25) is 0 Å². The zero-order valence-electron chi connectivity index (χ0n) is 12.8. The van der Waals surface area contributed by atoms with Crippen LogP contribution < -0.4 is 5.32 Å². The second-order valence-corrected chi connectivity index (χ2v) is 7.18. The standard InChI is InChI=1S/C15H19N3O3S/c1-11-12(2)18(10-17-11)8-7-16-15(19)13-5-4-6-14(9-13)22(3,20)21/h4-6,9-10H,7-8H2,1-3H3,(H,16,19). The van der Waals surface area contributed by atoms with E-state index < -0.39 is 9.84 Å². The highest BCUT2D eigenvalue weighted by molar-refractivity contribution is 7.90. The average Bonchev–Trinajstić information content (AvgIpc) is 2.78. The van der Waals surface area contributed by atoms with Gasteiger partial charge in [-0.15, -0.1) is 0 Å². The van der Waals surface area contributed by atoms with Gasteiger partial charge < -0.3 is 9.88 Å². The second-order valence-electron chi connectivity index (χ2n) is 5.16. The topological polar surface area (TPSA) is 81.1 Å². The molecule has 2 rings (SSSR count). The lowest BCUT2D eigenvalue weighted by atomic mass is 10.2. The molecule has 1 aromatic heterocycles. The van der Waals surface area contributed by atoms with Crippen molar-refractivity contribution in [2.24, 2.45) is 0 Å². The summed E-state index contributed by atoms with van der Waals surface area (Å²) in [5.74, 6) is -0.292. The van der Waals surface area contributed by atoms with Gasteiger partial charge in [0.2, 0.25) is 0 Å². The van der Waals surface area contributed by atoms with E-state index in [-0.39, 0.29) is 10.8 Å². The highest BCUT2D eigenvalue weighted by Gasteiger charge is 2.11. The van der Waals surface area contributed by atoms with Gasteiger partial charge >= 0.3 is 0 Å². The van der Waals surface area contributed by atoms with Gasteiger partial charge in [-0.3, -0.25) is 4.79 Å². The van der Waals surface area contributed by atoms with Crippen molar-refractivity contribution in [3.63, 3.8) is 0 Å². The fourth-order valence-corrected chi connectivity index (χ4v) is 2.70. The molecule has 6 nitrogen and oxygen atoms in total. The van der Waals surface area contributed by atoms with Gasteiger partial charge in [0.05, 0.1) is 16.9 Å². The number of nitrogens with zero attached hydrogens (tertiary/aromatic N) is 2. The minimum atomic E-state index is -3.32. The van der Waals surface area contributed by atoms with Crippen LogP contribution in [0.1, 0.15) is 21.7 Å². The van der Waals surface area contributed by atoms with Crippen LogP contribution in [0, 0.1) is 13.8 Å². The third-order valence-electron chi connectivity index (χ3n) is 3.51. The number of amides is 1. The predicted octanol–water partition coefficient (Wildman–Crippen LogP) is 1.33. The molecule has 0 saturated heterocycles. The zero-order valence-corrected chi connectivity index (χ0v) is 13.6. The molecular weight excluding hydrogens is 302 g/mol. The van der Waals surface area contributed by atoms with Gasteiger partial charge in [-0.1, -0.05) is 6.07 Å². The molecule has 0 atom stereocenters. The molecule has 0 saturated carbocycles. The summed E-state index contributed by atoms with van der Waals surface area (Å²) in [4.78, 5) is 16.4. The van der Waals surface area contributed by atoms with Crippen LogP contribution in [0.3, 0.4) is 0 Å². The van der Waals surface area contributed by atoms with Gasteiger partial charge in [0.15, 0.2) is 9.84 Å². The normalized spacial score (nSPS) is 11.4. The lowest BCUT2D eigenvalue weighted by Crippen LogP contribution is -2.27. The fourth-order valence-electron chi connectivity index (χ4n) is 2.03. The first-order chi connectivity index (χ1) is 10.3. The quantitative estimate of drug-likeness (QED) is 0.901. The molecule has 0 bridgehead atoms. The summed E-state index contributed by atoms with van der Waals surface area (Å²) in [5, 5.41) is 2.78. The highest BCUT2D eigenvalue weighted by Crippen LogP contribution is 2.11. The highest BCUT2D eigenvalue weighted by atomic mass is 32.2. The molecule has 0 unspecified atom stereocenters. The molecule has 0 radical (unpaired) electrons. The Morgan fingerprint density at radius 1 is 1.32 bits per heavy atom. The molecule has 1 heterocycles. The maximum absolute atomic E-state index is 12.1. The van der Waals surface area contributed by atoms with Crippen LogP contribution in [0.25, 0.3) is 0 Å². The number of imidazole rings is 1. The molecule has 1 aromatic carbocycles. The first kappa shape index (κ1) is 16.2. The molecule has 0 aliphatic heterocycles. The molecule has 22 heavy (non-hydrogen) atoms. The first-order valence-electron chi connectivity index (χ1n) is 6.85. The Balaban J connectivity index is 2.00. The molecule has 0 aliphatic rings. The first-order valence-corrected chi connectivity index (χ1v) is 8.75. The summed E-state index contributed by atoms with van der Waals surface area (Å²) >= 11 is 0. The number of carbonyl (C=O) groups is 1. The third kappa shape index (κ3) is 3.73. The van der Waals surface area contributed by atoms with Gasteiger partial charge in [-0.2, -0.15) is 0 Å². The van der Waals surface area contributed by atoms with E-state index in [9.17, 15) is 13.2 Å². The smallest absolute Gasteiger partial charge is 0.251 e. The summed E-state index contributed by atoms with van der Waals surface area (Å²) in [6.45, 7) is 4.96. The van der Waals surface area contributed by atoms with Crippen molar-refractivity contribution in [3.8, 4) is 0 Å². The SMILES string of the molecule is Cc1ncn(CCNC(=O)c2cccc(S(C)(=O)=O)c2)c1C. The molecule has 2 aromatic rings. The van der Waals surface area contributed by atoms with E-state index in [1.54, 1.807) is 18.5 Å². The number of hydrogen-bond acceptors (Lipinski definition) is 4. The lowest BCUT2D eigenvalue weighted by molar-refractivity contribution is 0.0952. The van der Waals surface area contributed by atoms with E-state index in [0.717, 1.165) is 17.6 Å². The number of aryl methyl sites for hydroxylation is 1. The molecule has 1 amide bonds. The van der Waals surface area contributed by atoms with Crippen molar-refractivity contribution in [2.75, 3.05) is 12.8 Å². The maximum Gasteiger partial charge on any atom is 0.251 e. The molecule has 0 spiro atoms. The van der Waals surface area contributed by atoms with E-state index in [2.05, 4.69) is 10.3 Å². The van der Waals surface area contributed by atoms with Crippen LogP contribution in [0.15, 0.2) is 35.5 Å². The van der Waals surface area contributed by atoms with Crippen molar-refractivity contribution in [1.82, 2.24) is 14.9 Å². The van der Waals surface area contributed by atoms with Gasteiger partial charge in [0, 0.05) is 30.6 Å². The van der Waals surface area contributed by atoms with Crippen molar-refractivity contribution in [2.45, 2.75) is 25.3 Å². The summed E-state index contributed by atoms with van der Waals surface area (Å²) in [5.41, 5.74) is 2.36. The van der Waals surface area contributed by atoms with Crippen molar-refractivity contribution >= 4 is 15.7 Å². The molecular formula is C15H19N3O3S. The number of hydrogen-bond donors (Lipinski definition) is 1. The average molecular weight is 321 g/mol. The summed E-state index contributed by atoms with van der Waals surface area (Å²) in [6.07, 6.45) is 2.86. The summed E-state index contributed by atoms with van der Waals surface area (Å²) in [7, 11) is -3.32. The largest absolute Gasteiger partial charge is 0.350 e. The Bertz CT molecular complexity index is 794.